The van der Waals surface area contributed by atoms with Gasteiger partial charge in [0.25, 0.3) is 0 Å². The number of hydrogen-bond donors (Lipinski definition) is 0. The van der Waals surface area contributed by atoms with E-state index in [9.17, 15) is 4.79 Å². The Morgan fingerprint density at radius 1 is 1.00 bits per heavy atom. The minimum absolute atomic E-state index is 0.177. The summed E-state index contributed by atoms with van der Waals surface area (Å²) >= 11 is 0. The number of fused-ring (bicyclic) bond motifs is 3. The molecule has 1 saturated heterocycles. The van der Waals surface area contributed by atoms with E-state index in [4.69, 9.17) is 0 Å². The third kappa shape index (κ3) is 2.45. The van der Waals surface area contributed by atoms with Crippen molar-refractivity contribution in [2.75, 3.05) is 13.1 Å². The zero-order chi connectivity index (χ0) is 15.8. The highest BCUT2D eigenvalue weighted by atomic mass is 16.2. The second kappa shape index (κ2) is 5.82. The quantitative estimate of drug-likeness (QED) is 0.705. The van der Waals surface area contributed by atoms with Crippen molar-refractivity contribution in [1.29, 1.82) is 0 Å². The van der Waals surface area contributed by atoms with E-state index in [0.717, 1.165) is 28.4 Å². The Morgan fingerprint density at radius 3 is 2.22 bits per heavy atom. The SMILES string of the molecule is CC1CCCCN1CC(=O)n1c2ccccc2c2ccccc21. The van der Waals surface area contributed by atoms with Crippen LogP contribution < -0.4 is 0 Å². The van der Waals surface area contributed by atoms with Crippen molar-refractivity contribution in [3.8, 4) is 0 Å². The number of likely N-dealkylation sites (tertiary alicyclic amines) is 1. The Hall–Kier alpha value is -2.13. The van der Waals surface area contributed by atoms with E-state index in [1.807, 2.05) is 41.0 Å². The number of carbonyl (C=O) groups excluding carboxylic acids is 1. The molecule has 3 aromatic rings. The maximum Gasteiger partial charge on any atom is 0.245 e. The molecule has 1 aliphatic rings. The molecule has 2 heterocycles. The first-order valence-corrected chi connectivity index (χ1v) is 8.51. The lowest BCUT2D eigenvalue weighted by Crippen LogP contribution is -2.42. The number of hydrogen-bond acceptors (Lipinski definition) is 2. The van der Waals surface area contributed by atoms with E-state index in [1.54, 1.807) is 0 Å². The number of piperidine rings is 1. The van der Waals surface area contributed by atoms with E-state index in [1.165, 1.54) is 19.3 Å². The monoisotopic (exact) mass is 306 g/mol. The summed E-state index contributed by atoms with van der Waals surface area (Å²) in [5.41, 5.74) is 2.03. The van der Waals surface area contributed by atoms with Crippen LogP contribution in [0.4, 0.5) is 0 Å². The van der Waals surface area contributed by atoms with Crippen molar-refractivity contribution in [3.05, 3.63) is 48.5 Å². The van der Waals surface area contributed by atoms with Gasteiger partial charge < -0.3 is 0 Å². The van der Waals surface area contributed by atoms with Gasteiger partial charge in [-0.05, 0) is 38.4 Å². The molecule has 1 unspecified atom stereocenters. The summed E-state index contributed by atoms with van der Waals surface area (Å²) in [6, 6.07) is 16.9. The Bertz CT molecular complexity index is 811. The van der Waals surface area contributed by atoms with Crippen molar-refractivity contribution in [2.45, 2.75) is 32.2 Å². The number of carbonyl (C=O) groups is 1. The number of rotatable bonds is 2. The van der Waals surface area contributed by atoms with E-state index in [-0.39, 0.29) is 5.91 Å². The molecule has 0 N–H and O–H groups in total. The summed E-state index contributed by atoms with van der Waals surface area (Å²) in [5, 5.41) is 2.31. The molecule has 0 radical (unpaired) electrons. The summed E-state index contributed by atoms with van der Waals surface area (Å²) in [4.78, 5) is 15.4. The fourth-order valence-electron chi connectivity index (χ4n) is 3.83. The maximum atomic E-state index is 13.1. The maximum absolute atomic E-state index is 13.1. The van der Waals surface area contributed by atoms with Crippen LogP contribution in [0.15, 0.2) is 48.5 Å². The van der Waals surface area contributed by atoms with Crippen LogP contribution in [0.3, 0.4) is 0 Å². The highest BCUT2D eigenvalue weighted by Gasteiger charge is 2.23. The molecule has 1 fully saturated rings. The zero-order valence-electron chi connectivity index (χ0n) is 13.5. The summed E-state index contributed by atoms with van der Waals surface area (Å²) in [5.74, 6) is 0.177. The molecule has 3 heteroatoms. The third-order valence-electron chi connectivity index (χ3n) is 5.11. The minimum atomic E-state index is 0.177. The van der Waals surface area contributed by atoms with Gasteiger partial charge in [-0.15, -0.1) is 0 Å². The van der Waals surface area contributed by atoms with E-state index in [0.29, 0.717) is 12.6 Å². The number of aromatic nitrogens is 1. The largest absolute Gasteiger partial charge is 0.292 e. The van der Waals surface area contributed by atoms with Crippen LogP contribution in [-0.2, 0) is 0 Å². The first-order chi connectivity index (χ1) is 11.3. The fourth-order valence-corrected chi connectivity index (χ4v) is 3.83. The second-order valence-electron chi connectivity index (χ2n) is 6.58. The Labute approximate surface area is 136 Å². The lowest BCUT2D eigenvalue weighted by Gasteiger charge is -2.32. The topological polar surface area (TPSA) is 25.2 Å². The smallest absolute Gasteiger partial charge is 0.245 e. The highest BCUT2D eigenvalue weighted by molar-refractivity contribution is 6.13. The Morgan fingerprint density at radius 2 is 1.61 bits per heavy atom. The molecule has 1 atom stereocenters. The number of benzene rings is 2. The van der Waals surface area contributed by atoms with Gasteiger partial charge in [0.05, 0.1) is 17.6 Å². The zero-order valence-corrected chi connectivity index (χ0v) is 13.5. The molecular formula is C20H22N2O. The molecule has 0 spiro atoms. The van der Waals surface area contributed by atoms with E-state index < -0.39 is 0 Å². The van der Waals surface area contributed by atoms with Crippen LogP contribution in [0.25, 0.3) is 21.8 Å². The van der Waals surface area contributed by atoms with Crippen molar-refractivity contribution < 1.29 is 4.79 Å². The van der Waals surface area contributed by atoms with Gasteiger partial charge in [0.1, 0.15) is 0 Å². The molecule has 2 aromatic carbocycles. The van der Waals surface area contributed by atoms with Gasteiger partial charge in [0.15, 0.2) is 0 Å². The van der Waals surface area contributed by atoms with Crippen LogP contribution in [0.2, 0.25) is 0 Å². The van der Waals surface area contributed by atoms with Crippen molar-refractivity contribution in [3.63, 3.8) is 0 Å². The lowest BCUT2D eigenvalue weighted by atomic mass is 10.0. The van der Waals surface area contributed by atoms with Gasteiger partial charge in [0, 0.05) is 16.8 Å². The van der Waals surface area contributed by atoms with Gasteiger partial charge >= 0.3 is 0 Å². The predicted molar refractivity (Wildman–Crippen MR) is 95.0 cm³/mol. The Balaban J connectivity index is 1.79. The summed E-state index contributed by atoms with van der Waals surface area (Å²) < 4.78 is 1.91. The summed E-state index contributed by atoms with van der Waals surface area (Å²) in [6.45, 7) is 3.77. The van der Waals surface area contributed by atoms with Gasteiger partial charge in [-0.1, -0.05) is 42.8 Å². The normalized spacial score (nSPS) is 19.4. The predicted octanol–water partition coefficient (Wildman–Crippen LogP) is 4.31. The molecule has 3 nitrogen and oxygen atoms in total. The summed E-state index contributed by atoms with van der Waals surface area (Å²) in [6.07, 6.45) is 3.67. The average molecular weight is 306 g/mol. The molecule has 0 amide bonds. The van der Waals surface area contributed by atoms with Gasteiger partial charge in [-0.3, -0.25) is 14.3 Å². The highest BCUT2D eigenvalue weighted by Crippen LogP contribution is 2.29. The molecule has 4 rings (SSSR count). The minimum Gasteiger partial charge on any atom is -0.292 e. The van der Waals surface area contributed by atoms with Crippen molar-refractivity contribution in [2.24, 2.45) is 0 Å². The fraction of sp³-hybridized carbons (Fsp3) is 0.350. The second-order valence-corrected chi connectivity index (χ2v) is 6.58. The lowest BCUT2D eigenvalue weighted by molar-refractivity contribution is 0.0789. The first kappa shape index (κ1) is 14.5. The van der Waals surface area contributed by atoms with E-state index in [2.05, 4.69) is 24.0 Å². The van der Waals surface area contributed by atoms with Crippen molar-refractivity contribution >= 4 is 27.7 Å². The number of nitrogens with zero attached hydrogens (tertiary/aromatic N) is 2. The van der Waals surface area contributed by atoms with Crippen LogP contribution in [0.5, 0.6) is 0 Å². The van der Waals surface area contributed by atoms with Gasteiger partial charge in [-0.25, -0.2) is 0 Å². The number of para-hydroxylation sites is 2. The van der Waals surface area contributed by atoms with Crippen molar-refractivity contribution in [1.82, 2.24) is 9.47 Å². The van der Waals surface area contributed by atoms with Gasteiger partial charge in [-0.2, -0.15) is 0 Å². The average Bonchev–Trinajstić information content (AvgIpc) is 2.91. The standard InChI is InChI=1S/C20H22N2O/c1-15-8-6-7-13-21(15)14-20(23)22-18-11-4-2-9-16(18)17-10-3-5-12-19(17)22/h2-5,9-12,15H,6-8,13-14H2,1H3. The molecular weight excluding hydrogens is 284 g/mol. The van der Waals surface area contributed by atoms with Gasteiger partial charge in [0.2, 0.25) is 5.91 Å². The van der Waals surface area contributed by atoms with Crippen LogP contribution in [-0.4, -0.2) is 34.5 Å². The third-order valence-corrected chi connectivity index (χ3v) is 5.11. The molecule has 0 saturated carbocycles. The van der Waals surface area contributed by atoms with Crippen LogP contribution in [0.1, 0.15) is 31.0 Å². The molecule has 0 aliphatic carbocycles. The molecule has 23 heavy (non-hydrogen) atoms. The first-order valence-electron chi connectivity index (χ1n) is 8.51. The summed E-state index contributed by atoms with van der Waals surface area (Å²) in [7, 11) is 0. The molecule has 1 aliphatic heterocycles. The Kier molecular flexibility index (Phi) is 3.66. The van der Waals surface area contributed by atoms with Crippen LogP contribution in [0, 0.1) is 0 Å². The van der Waals surface area contributed by atoms with E-state index >= 15 is 0 Å². The molecule has 1 aromatic heterocycles. The van der Waals surface area contributed by atoms with Crippen LogP contribution >= 0.6 is 0 Å². The molecule has 118 valence electrons. The molecule has 0 bridgehead atoms.